The quantitative estimate of drug-likeness (QED) is 0.795. The largest absolute Gasteiger partial charge is 0.372 e. The van der Waals surface area contributed by atoms with Gasteiger partial charge in [0.25, 0.3) is 5.91 Å². The third kappa shape index (κ3) is 3.31. The number of hydrogen-bond donors (Lipinski definition) is 0. The molecule has 1 amide bonds. The number of carbonyl (C=O) groups excluding carboxylic acids is 1. The van der Waals surface area contributed by atoms with Crippen molar-refractivity contribution in [3.05, 3.63) is 35.5 Å². The predicted molar refractivity (Wildman–Crippen MR) is 95.6 cm³/mol. The van der Waals surface area contributed by atoms with Crippen LogP contribution in [0.4, 0.5) is 5.69 Å². The molecule has 4 nitrogen and oxygen atoms in total. The highest BCUT2D eigenvalue weighted by Crippen LogP contribution is 2.24. The number of rotatable bonds is 4. The van der Waals surface area contributed by atoms with Crippen LogP contribution in [0.2, 0.25) is 0 Å². The number of carbonyl (C=O) groups is 1. The van der Waals surface area contributed by atoms with Crippen LogP contribution < -0.4 is 4.90 Å². The van der Waals surface area contributed by atoms with Gasteiger partial charge in [0, 0.05) is 31.7 Å². The van der Waals surface area contributed by atoms with Crippen LogP contribution in [0.5, 0.6) is 0 Å². The third-order valence-corrected chi connectivity index (χ3v) is 4.63. The zero-order valence-corrected chi connectivity index (χ0v) is 14.1. The van der Waals surface area contributed by atoms with Gasteiger partial charge in [-0.25, -0.2) is 4.99 Å². The highest BCUT2D eigenvalue weighted by molar-refractivity contribution is 6.14. The fraction of sp³-hybridized carbons (Fsp3) is 0.474. The van der Waals surface area contributed by atoms with Crippen molar-refractivity contribution in [1.82, 2.24) is 4.90 Å². The summed E-state index contributed by atoms with van der Waals surface area (Å²) in [6.07, 6.45) is 6.24. The Hall–Kier alpha value is -2.10. The maximum absolute atomic E-state index is 12.5. The minimum atomic E-state index is 0.0646. The lowest BCUT2D eigenvalue weighted by molar-refractivity contribution is -0.122. The number of anilines is 1. The smallest absolute Gasteiger partial charge is 0.277 e. The molecule has 0 aromatic heterocycles. The molecule has 0 bridgehead atoms. The molecule has 1 aromatic rings. The van der Waals surface area contributed by atoms with Gasteiger partial charge in [0.1, 0.15) is 11.5 Å². The molecule has 3 rings (SSSR count). The molecule has 0 aliphatic carbocycles. The molecule has 2 aliphatic heterocycles. The van der Waals surface area contributed by atoms with Crippen LogP contribution >= 0.6 is 0 Å². The average Bonchev–Trinajstić information content (AvgIpc) is 2.75. The summed E-state index contributed by atoms with van der Waals surface area (Å²) in [5.74, 6) is 1.02. The van der Waals surface area contributed by atoms with Gasteiger partial charge in [0.05, 0.1) is 0 Å². The molecule has 1 fully saturated rings. The lowest BCUT2D eigenvalue weighted by Crippen LogP contribution is -2.31. The number of hydrogen-bond acceptors (Lipinski definition) is 3. The first-order chi connectivity index (χ1) is 11.2. The van der Waals surface area contributed by atoms with E-state index in [9.17, 15) is 4.79 Å². The van der Waals surface area contributed by atoms with Crippen molar-refractivity contribution in [3.8, 4) is 0 Å². The Balaban J connectivity index is 1.80. The first-order valence-corrected chi connectivity index (χ1v) is 8.69. The summed E-state index contributed by atoms with van der Waals surface area (Å²) < 4.78 is 0. The maximum Gasteiger partial charge on any atom is 0.277 e. The van der Waals surface area contributed by atoms with E-state index >= 15 is 0 Å². The van der Waals surface area contributed by atoms with E-state index in [1.807, 2.05) is 11.0 Å². The highest BCUT2D eigenvalue weighted by atomic mass is 16.2. The number of amides is 1. The molecule has 0 saturated carbocycles. The molecule has 23 heavy (non-hydrogen) atoms. The molecular weight excluding hydrogens is 286 g/mol. The van der Waals surface area contributed by atoms with Crippen LogP contribution in [-0.4, -0.2) is 36.3 Å². The Morgan fingerprint density at radius 1 is 1.13 bits per heavy atom. The van der Waals surface area contributed by atoms with Gasteiger partial charge in [-0.3, -0.25) is 9.69 Å². The maximum atomic E-state index is 12.5. The number of nitrogens with zero attached hydrogens (tertiary/aromatic N) is 3. The van der Waals surface area contributed by atoms with E-state index in [0.717, 1.165) is 50.3 Å². The number of amidine groups is 1. The number of aliphatic imine (C=N–C) groups is 1. The summed E-state index contributed by atoms with van der Waals surface area (Å²) >= 11 is 0. The van der Waals surface area contributed by atoms with Gasteiger partial charge in [0.15, 0.2) is 0 Å². The first kappa shape index (κ1) is 15.8. The van der Waals surface area contributed by atoms with E-state index in [0.29, 0.717) is 5.70 Å². The summed E-state index contributed by atoms with van der Waals surface area (Å²) in [7, 11) is 0. The van der Waals surface area contributed by atoms with Crippen LogP contribution in [0.3, 0.4) is 0 Å². The molecule has 0 spiro atoms. The standard InChI is InChI=1S/C19H25N3O/c1-3-21(4-2)16-11-9-15(10-12-16)14-17-19(23)22-13-7-5-6-8-18(22)20-17/h9-12,14H,3-8,13H2,1-2H3/b17-14-. The fourth-order valence-corrected chi connectivity index (χ4v) is 3.28. The fourth-order valence-electron chi connectivity index (χ4n) is 3.28. The van der Waals surface area contributed by atoms with E-state index in [4.69, 9.17) is 0 Å². The van der Waals surface area contributed by atoms with Crippen molar-refractivity contribution in [2.75, 3.05) is 24.5 Å². The normalized spacial score (nSPS) is 19.6. The second-order valence-corrected chi connectivity index (χ2v) is 6.09. The van der Waals surface area contributed by atoms with Gasteiger partial charge < -0.3 is 4.90 Å². The molecule has 0 radical (unpaired) electrons. The molecule has 4 heteroatoms. The van der Waals surface area contributed by atoms with Crippen LogP contribution in [0, 0.1) is 0 Å². The van der Waals surface area contributed by atoms with Gasteiger partial charge in [0.2, 0.25) is 0 Å². The van der Waals surface area contributed by atoms with Crippen molar-refractivity contribution >= 4 is 23.5 Å². The van der Waals surface area contributed by atoms with E-state index in [1.54, 1.807) is 0 Å². The second kappa shape index (κ2) is 6.99. The summed E-state index contributed by atoms with van der Waals surface area (Å²) in [6.45, 7) is 7.13. The predicted octanol–water partition coefficient (Wildman–Crippen LogP) is 3.69. The van der Waals surface area contributed by atoms with Crippen molar-refractivity contribution in [1.29, 1.82) is 0 Å². The van der Waals surface area contributed by atoms with E-state index in [-0.39, 0.29) is 5.91 Å². The van der Waals surface area contributed by atoms with Gasteiger partial charge in [-0.2, -0.15) is 0 Å². The molecule has 1 aromatic carbocycles. The highest BCUT2D eigenvalue weighted by Gasteiger charge is 2.30. The monoisotopic (exact) mass is 311 g/mol. The Morgan fingerprint density at radius 3 is 2.57 bits per heavy atom. The van der Waals surface area contributed by atoms with E-state index < -0.39 is 0 Å². The molecule has 1 saturated heterocycles. The van der Waals surface area contributed by atoms with Crippen LogP contribution in [0.1, 0.15) is 45.1 Å². The Morgan fingerprint density at radius 2 is 1.87 bits per heavy atom. The van der Waals surface area contributed by atoms with Crippen molar-refractivity contribution in [2.45, 2.75) is 39.5 Å². The summed E-state index contributed by atoms with van der Waals surface area (Å²) in [5.41, 5.74) is 2.83. The number of fused-ring (bicyclic) bond motifs is 1. The summed E-state index contributed by atoms with van der Waals surface area (Å²) in [5, 5.41) is 0. The molecule has 0 atom stereocenters. The SMILES string of the molecule is CCN(CC)c1ccc(/C=C2\N=C3CCCCCN3C2=O)cc1. The molecule has 2 heterocycles. The Kier molecular flexibility index (Phi) is 4.79. The second-order valence-electron chi connectivity index (χ2n) is 6.09. The van der Waals surface area contributed by atoms with Gasteiger partial charge >= 0.3 is 0 Å². The molecule has 2 aliphatic rings. The van der Waals surface area contributed by atoms with E-state index in [2.05, 4.69) is 48.0 Å². The third-order valence-electron chi connectivity index (χ3n) is 4.63. The van der Waals surface area contributed by atoms with Gasteiger partial charge in [-0.1, -0.05) is 18.6 Å². The topological polar surface area (TPSA) is 35.9 Å². The van der Waals surface area contributed by atoms with Crippen molar-refractivity contribution < 1.29 is 4.79 Å². The van der Waals surface area contributed by atoms with Crippen LogP contribution in [0.15, 0.2) is 35.0 Å². The minimum absolute atomic E-state index is 0.0646. The molecule has 0 N–H and O–H groups in total. The minimum Gasteiger partial charge on any atom is -0.372 e. The molecular formula is C19H25N3O. The van der Waals surface area contributed by atoms with Gasteiger partial charge in [-0.15, -0.1) is 0 Å². The van der Waals surface area contributed by atoms with E-state index in [1.165, 1.54) is 12.1 Å². The Bertz CT molecular complexity index is 627. The van der Waals surface area contributed by atoms with Crippen LogP contribution in [0.25, 0.3) is 6.08 Å². The average molecular weight is 311 g/mol. The van der Waals surface area contributed by atoms with Crippen molar-refractivity contribution in [3.63, 3.8) is 0 Å². The van der Waals surface area contributed by atoms with Gasteiger partial charge in [-0.05, 0) is 50.5 Å². The zero-order chi connectivity index (χ0) is 16.2. The lowest BCUT2D eigenvalue weighted by atomic mass is 10.1. The first-order valence-electron chi connectivity index (χ1n) is 8.69. The zero-order valence-electron chi connectivity index (χ0n) is 14.1. The summed E-state index contributed by atoms with van der Waals surface area (Å²) in [4.78, 5) is 21.3. The molecule has 122 valence electrons. The van der Waals surface area contributed by atoms with Crippen LogP contribution in [-0.2, 0) is 4.79 Å². The Labute approximate surface area is 138 Å². The summed E-state index contributed by atoms with van der Waals surface area (Å²) in [6, 6.07) is 8.37. The molecule has 0 unspecified atom stereocenters. The number of benzene rings is 1. The van der Waals surface area contributed by atoms with Crippen molar-refractivity contribution in [2.24, 2.45) is 4.99 Å². The lowest BCUT2D eigenvalue weighted by Gasteiger charge is -2.20.